The van der Waals surface area contributed by atoms with Crippen molar-refractivity contribution in [3.8, 4) is 22.5 Å². The molecule has 2 N–H and O–H groups in total. The van der Waals surface area contributed by atoms with E-state index in [0.717, 1.165) is 44.4 Å². The first-order valence-corrected chi connectivity index (χ1v) is 10.6. The minimum absolute atomic E-state index is 0.0824. The SMILES string of the molecule is Cc1nc(NC(C)c2cccc(-c3ccn[nH]3)c2)cc(-c2ccc3ncsc3c2)n1. The van der Waals surface area contributed by atoms with Crippen molar-refractivity contribution in [2.24, 2.45) is 0 Å². The van der Waals surface area contributed by atoms with E-state index in [0.29, 0.717) is 0 Å². The molecule has 1 unspecified atom stereocenters. The van der Waals surface area contributed by atoms with Crippen molar-refractivity contribution in [1.29, 1.82) is 0 Å². The Morgan fingerprint density at radius 3 is 2.80 bits per heavy atom. The molecule has 3 heterocycles. The first-order valence-electron chi connectivity index (χ1n) is 9.71. The third-order valence-corrected chi connectivity index (χ3v) is 5.82. The zero-order valence-corrected chi connectivity index (χ0v) is 17.4. The van der Waals surface area contributed by atoms with Gasteiger partial charge in [0.05, 0.1) is 27.1 Å². The maximum absolute atomic E-state index is 4.65. The van der Waals surface area contributed by atoms with Crippen LogP contribution in [0.3, 0.4) is 0 Å². The Labute approximate surface area is 178 Å². The Morgan fingerprint density at radius 2 is 1.93 bits per heavy atom. The maximum Gasteiger partial charge on any atom is 0.130 e. The molecule has 1 atom stereocenters. The van der Waals surface area contributed by atoms with Gasteiger partial charge in [0, 0.05) is 23.9 Å². The molecule has 7 heteroatoms. The van der Waals surface area contributed by atoms with Crippen LogP contribution in [0.15, 0.2) is 66.3 Å². The van der Waals surface area contributed by atoms with Gasteiger partial charge in [-0.05, 0) is 49.2 Å². The third kappa shape index (κ3) is 3.67. The van der Waals surface area contributed by atoms with E-state index in [1.165, 1.54) is 5.56 Å². The molecular weight excluding hydrogens is 392 g/mol. The van der Waals surface area contributed by atoms with Gasteiger partial charge in [-0.3, -0.25) is 5.10 Å². The van der Waals surface area contributed by atoms with E-state index < -0.39 is 0 Å². The third-order valence-electron chi connectivity index (χ3n) is 5.03. The van der Waals surface area contributed by atoms with Crippen molar-refractivity contribution in [2.45, 2.75) is 19.9 Å². The molecule has 0 amide bonds. The highest BCUT2D eigenvalue weighted by Crippen LogP contribution is 2.28. The highest BCUT2D eigenvalue weighted by atomic mass is 32.1. The number of fused-ring (bicyclic) bond motifs is 1. The lowest BCUT2D eigenvalue weighted by Crippen LogP contribution is -2.09. The summed E-state index contributed by atoms with van der Waals surface area (Å²) in [6.07, 6.45) is 1.76. The Balaban J connectivity index is 1.43. The summed E-state index contributed by atoms with van der Waals surface area (Å²) in [5, 5.41) is 10.6. The van der Waals surface area contributed by atoms with Gasteiger partial charge in [0.1, 0.15) is 11.6 Å². The summed E-state index contributed by atoms with van der Waals surface area (Å²) in [7, 11) is 0. The number of benzene rings is 2. The first-order chi connectivity index (χ1) is 14.7. The van der Waals surface area contributed by atoms with E-state index >= 15 is 0 Å². The van der Waals surface area contributed by atoms with Crippen LogP contribution < -0.4 is 5.32 Å². The molecule has 2 aromatic carbocycles. The number of H-pyrrole nitrogens is 1. The van der Waals surface area contributed by atoms with Crippen molar-refractivity contribution in [1.82, 2.24) is 25.1 Å². The van der Waals surface area contributed by atoms with Gasteiger partial charge in [0.2, 0.25) is 0 Å². The zero-order valence-electron chi connectivity index (χ0n) is 16.6. The standard InChI is InChI=1S/C23H20N6S/c1-14(16-4-3-5-17(10-16)19-8-9-25-29-19)26-23-12-21(27-15(2)28-23)18-6-7-20-22(11-18)30-13-24-20/h3-14H,1-2H3,(H,25,29)(H,26,27,28). The van der Waals surface area contributed by atoms with Crippen molar-refractivity contribution < 1.29 is 0 Å². The number of thiazole rings is 1. The van der Waals surface area contributed by atoms with Gasteiger partial charge in [-0.2, -0.15) is 5.10 Å². The lowest BCUT2D eigenvalue weighted by Gasteiger charge is -2.17. The Morgan fingerprint density at radius 1 is 1.00 bits per heavy atom. The predicted octanol–water partition coefficient (Wildman–Crippen LogP) is 5.62. The summed E-state index contributed by atoms with van der Waals surface area (Å²) in [6, 6.07) is 18.7. The van der Waals surface area contributed by atoms with Crippen molar-refractivity contribution in [2.75, 3.05) is 5.32 Å². The molecule has 0 saturated heterocycles. The van der Waals surface area contributed by atoms with Gasteiger partial charge in [-0.15, -0.1) is 11.3 Å². The fourth-order valence-electron chi connectivity index (χ4n) is 3.50. The molecule has 0 spiro atoms. The molecule has 0 fully saturated rings. The maximum atomic E-state index is 4.65. The lowest BCUT2D eigenvalue weighted by molar-refractivity contribution is 0.868. The van der Waals surface area contributed by atoms with E-state index in [1.54, 1.807) is 17.5 Å². The molecular formula is C23H20N6S. The van der Waals surface area contributed by atoms with Crippen LogP contribution in [-0.4, -0.2) is 25.1 Å². The van der Waals surface area contributed by atoms with Gasteiger partial charge in [0.25, 0.3) is 0 Å². The average Bonchev–Trinajstić information content (AvgIpc) is 3.45. The second-order valence-electron chi connectivity index (χ2n) is 7.18. The molecule has 0 saturated carbocycles. The highest BCUT2D eigenvalue weighted by Gasteiger charge is 2.11. The van der Waals surface area contributed by atoms with Crippen LogP contribution >= 0.6 is 11.3 Å². The highest BCUT2D eigenvalue weighted by molar-refractivity contribution is 7.16. The Hall–Kier alpha value is -3.58. The van der Waals surface area contributed by atoms with Crippen molar-refractivity contribution >= 4 is 27.4 Å². The summed E-state index contributed by atoms with van der Waals surface area (Å²) < 4.78 is 1.15. The van der Waals surface area contributed by atoms with Gasteiger partial charge in [-0.25, -0.2) is 15.0 Å². The van der Waals surface area contributed by atoms with Gasteiger partial charge in [0.15, 0.2) is 0 Å². The van der Waals surface area contributed by atoms with Crippen LogP contribution in [0, 0.1) is 6.92 Å². The van der Waals surface area contributed by atoms with Crippen LogP contribution in [0.5, 0.6) is 0 Å². The van der Waals surface area contributed by atoms with Crippen LogP contribution in [0.4, 0.5) is 5.82 Å². The molecule has 5 rings (SSSR count). The molecule has 3 aromatic heterocycles. The van der Waals surface area contributed by atoms with Gasteiger partial charge >= 0.3 is 0 Å². The quantitative estimate of drug-likeness (QED) is 0.391. The van der Waals surface area contributed by atoms with Crippen LogP contribution in [0.25, 0.3) is 32.7 Å². The molecule has 6 nitrogen and oxygen atoms in total. The van der Waals surface area contributed by atoms with E-state index in [2.05, 4.69) is 73.8 Å². The topological polar surface area (TPSA) is 79.4 Å². The summed E-state index contributed by atoms with van der Waals surface area (Å²) >= 11 is 1.64. The van der Waals surface area contributed by atoms with Crippen molar-refractivity contribution in [3.63, 3.8) is 0 Å². The number of aromatic amines is 1. The number of rotatable bonds is 5. The Kier molecular flexibility index (Phi) is 4.72. The first kappa shape index (κ1) is 18.4. The van der Waals surface area contributed by atoms with E-state index in [9.17, 15) is 0 Å². The molecule has 0 bridgehead atoms. The number of aromatic nitrogens is 5. The number of anilines is 1. The summed E-state index contributed by atoms with van der Waals surface area (Å²) in [5.41, 5.74) is 8.13. The summed E-state index contributed by atoms with van der Waals surface area (Å²) in [4.78, 5) is 13.6. The number of aryl methyl sites for hydroxylation is 1. The van der Waals surface area contributed by atoms with Crippen LogP contribution in [0.1, 0.15) is 24.4 Å². The molecule has 0 radical (unpaired) electrons. The molecule has 5 aromatic rings. The minimum atomic E-state index is 0.0824. The molecule has 0 aliphatic carbocycles. The number of nitrogens with one attached hydrogen (secondary N) is 2. The van der Waals surface area contributed by atoms with Gasteiger partial charge < -0.3 is 5.32 Å². The van der Waals surface area contributed by atoms with E-state index in [4.69, 9.17) is 0 Å². The van der Waals surface area contributed by atoms with Crippen LogP contribution in [0.2, 0.25) is 0 Å². The van der Waals surface area contributed by atoms with E-state index in [-0.39, 0.29) is 6.04 Å². The monoisotopic (exact) mass is 412 g/mol. The second kappa shape index (κ2) is 7.68. The molecule has 0 aliphatic rings. The molecule has 148 valence electrons. The fourth-order valence-corrected chi connectivity index (χ4v) is 4.22. The second-order valence-corrected chi connectivity index (χ2v) is 8.07. The van der Waals surface area contributed by atoms with Gasteiger partial charge in [-0.1, -0.05) is 24.3 Å². The molecule has 0 aliphatic heterocycles. The average molecular weight is 413 g/mol. The molecule has 30 heavy (non-hydrogen) atoms. The van der Waals surface area contributed by atoms with Crippen LogP contribution in [-0.2, 0) is 0 Å². The predicted molar refractivity (Wildman–Crippen MR) is 121 cm³/mol. The largest absolute Gasteiger partial charge is 0.363 e. The number of hydrogen-bond acceptors (Lipinski definition) is 6. The minimum Gasteiger partial charge on any atom is -0.363 e. The zero-order chi connectivity index (χ0) is 20.5. The fraction of sp³-hybridized carbons (Fsp3) is 0.130. The summed E-state index contributed by atoms with van der Waals surface area (Å²) in [5.74, 6) is 1.54. The smallest absolute Gasteiger partial charge is 0.130 e. The van der Waals surface area contributed by atoms with Crippen molar-refractivity contribution in [3.05, 3.63) is 77.7 Å². The number of nitrogens with zero attached hydrogens (tertiary/aromatic N) is 4. The number of hydrogen-bond donors (Lipinski definition) is 2. The normalized spacial score (nSPS) is 12.2. The summed E-state index contributed by atoms with van der Waals surface area (Å²) in [6.45, 7) is 4.05. The lowest BCUT2D eigenvalue weighted by atomic mass is 10.0. The van der Waals surface area contributed by atoms with E-state index in [1.807, 2.05) is 30.6 Å². The Bertz CT molecular complexity index is 1310.